The molecule has 0 radical (unpaired) electrons. The average Bonchev–Trinajstić information content (AvgIpc) is 2.78. The Morgan fingerprint density at radius 1 is 0.759 bits per heavy atom. The van der Waals surface area contributed by atoms with Crippen molar-refractivity contribution in [3.05, 3.63) is 77.9 Å². The molecule has 152 valence electrons. The average molecular weight is 391 g/mol. The fourth-order valence-corrected chi connectivity index (χ4v) is 4.36. The Kier molecular flexibility index (Phi) is 5.62. The van der Waals surface area contributed by atoms with Crippen LogP contribution < -0.4 is 4.74 Å². The predicted octanol–water partition coefficient (Wildman–Crippen LogP) is 6.24. The molecule has 0 heterocycles. The highest BCUT2D eigenvalue weighted by molar-refractivity contribution is 5.82. The van der Waals surface area contributed by atoms with E-state index in [-0.39, 0.29) is 11.2 Å². The van der Waals surface area contributed by atoms with E-state index in [2.05, 4.69) is 67.6 Å². The SMILES string of the molecule is COC1(C)CCC(OC)(c2cccc(OCc3ccc4ccccc4c3)c2)CC1. The normalized spacial score (nSPS) is 24.5. The zero-order valence-electron chi connectivity index (χ0n) is 17.6. The molecule has 0 aliphatic heterocycles. The van der Waals surface area contributed by atoms with Gasteiger partial charge in [0.2, 0.25) is 0 Å². The van der Waals surface area contributed by atoms with Gasteiger partial charge in [-0.2, -0.15) is 0 Å². The molecule has 0 saturated heterocycles. The topological polar surface area (TPSA) is 27.7 Å². The lowest BCUT2D eigenvalue weighted by molar-refractivity contribution is -0.111. The van der Waals surface area contributed by atoms with Crippen LogP contribution in [-0.2, 0) is 21.7 Å². The van der Waals surface area contributed by atoms with Gasteiger partial charge in [-0.05, 0) is 72.7 Å². The molecule has 0 spiro atoms. The number of benzene rings is 3. The molecule has 3 aromatic rings. The van der Waals surface area contributed by atoms with Gasteiger partial charge in [0.15, 0.2) is 0 Å². The van der Waals surface area contributed by atoms with E-state index in [9.17, 15) is 0 Å². The van der Waals surface area contributed by atoms with Gasteiger partial charge in [0, 0.05) is 14.2 Å². The maximum atomic E-state index is 6.14. The standard InChI is InChI=1S/C26H30O3/c1-25(27-2)13-15-26(28-3,16-14-25)23-9-6-10-24(18-23)29-19-20-11-12-21-7-4-5-8-22(21)17-20/h4-12,17-18H,13-16,19H2,1-3H3. The van der Waals surface area contributed by atoms with Gasteiger partial charge in [-0.1, -0.05) is 48.5 Å². The first kappa shape index (κ1) is 19.9. The summed E-state index contributed by atoms with van der Waals surface area (Å²) < 4.78 is 17.9. The Bertz CT molecular complexity index is 970. The van der Waals surface area contributed by atoms with Crippen LogP contribution in [0.3, 0.4) is 0 Å². The van der Waals surface area contributed by atoms with Crippen molar-refractivity contribution < 1.29 is 14.2 Å². The van der Waals surface area contributed by atoms with Crippen molar-refractivity contribution in [1.82, 2.24) is 0 Å². The Hall–Kier alpha value is -2.36. The fourth-order valence-electron chi connectivity index (χ4n) is 4.36. The van der Waals surface area contributed by atoms with Gasteiger partial charge in [-0.3, -0.25) is 0 Å². The predicted molar refractivity (Wildman–Crippen MR) is 117 cm³/mol. The minimum atomic E-state index is -0.264. The van der Waals surface area contributed by atoms with E-state index in [1.54, 1.807) is 7.11 Å². The van der Waals surface area contributed by atoms with Gasteiger partial charge in [-0.15, -0.1) is 0 Å². The second-order valence-electron chi connectivity index (χ2n) is 8.35. The molecule has 0 N–H and O–H groups in total. The van der Waals surface area contributed by atoms with Crippen LogP contribution >= 0.6 is 0 Å². The molecular weight excluding hydrogens is 360 g/mol. The number of methoxy groups -OCH3 is 2. The molecule has 0 amide bonds. The maximum absolute atomic E-state index is 6.14. The molecule has 1 aliphatic rings. The van der Waals surface area contributed by atoms with Crippen LogP contribution in [0, 0.1) is 0 Å². The number of ether oxygens (including phenoxy) is 3. The molecule has 0 atom stereocenters. The summed E-state index contributed by atoms with van der Waals surface area (Å²) >= 11 is 0. The maximum Gasteiger partial charge on any atom is 0.120 e. The monoisotopic (exact) mass is 390 g/mol. The molecule has 1 aliphatic carbocycles. The van der Waals surface area contributed by atoms with E-state index in [4.69, 9.17) is 14.2 Å². The first-order valence-corrected chi connectivity index (χ1v) is 10.4. The Labute approximate surface area is 173 Å². The molecule has 4 rings (SSSR count). The van der Waals surface area contributed by atoms with Crippen LogP contribution in [0.2, 0.25) is 0 Å². The van der Waals surface area contributed by atoms with E-state index in [0.717, 1.165) is 31.4 Å². The zero-order chi connectivity index (χ0) is 20.3. The van der Waals surface area contributed by atoms with E-state index in [0.29, 0.717) is 6.61 Å². The molecule has 3 nitrogen and oxygen atoms in total. The molecule has 1 saturated carbocycles. The van der Waals surface area contributed by atoms with Crippen LogP contribution in [-0.4, -0.2) is 19.8 Å². The summed E-state index contributed by atoms with van der Waals surface area (Å²) in [6, 6.07) is 23.3. The Morgan fingerprint density at radius 2 is 1.52 bits per heavy atom. The summed E-state index contributed by atoms with van der Waals surface area (Å²) in [5, 5.41) is 2.49. The van der Waals surface area contributed by atoms with Gasteiger partial charge >= 0.3 is 0 Å². The van der Waals surface area contributed by atoms with Crippen molar-refractivity contribution in [3.63, 3.8) is 0 Å². The lowest BCUT2D eigenvalue weighted by Crippen LogP contribution is -2.41. The highest BCUT2D eigenvalue weighted by Gasteiger charge is 2.42. The first-order valence-electron chi connectivity index (χ1n) is 10.4. The quantitative estimate of drug-likeness (QED) is 0.499. The van der Waals surface area contributed by atoms with Crippen molar-refractivity contribution >= 4 is 10.8 Å². The van der Waals surface area contributed by atoms with Crippen LogP contribution in [0.5, 0.6) is 5.75 Å². The summed E-state index contributed by atoms with van der Waals surface area (Å²) in [6.45, 7) is 2.74. The van der Waals surface area contributed by atoms with Crippen molar-refractivity contribution in [2.75, 3.05) is 14.2 Å². The van der Waals surface area contributed by atoms with E-state index in [1.807, 2.05) is 13.2 Å². The number of fused-ring (bicyclic) bond motifs is 1. The largest absolute Gasteiger partial charge is 0.489 e. The minimum Gasteiger partial charge on any atom is -0.489 e. The van der Waals surface area contributed by atoms with Crippen molar-refractivity contribution in [2.24, 2.45) is 0 Å². The lowest BCUT2D eigenvalue weighted by Gasteiger charge is -2.43. The molecule has 3 heteroatoms. The van der Waals surface area contributed by atoms with Crippen molar-refractivity contribution in [2.45, 2.75) is 50.4 Å². The highest BCUT2D eigenvalue weighted by atomic mass is 16.5. The summed E-state index contributed by atoms with van der Waals surface area (Å²) in [4.78, 5) is 0. The van der Waals surface area contributed by atoms with Gasteiger partial charge in [-0.25, -0.2) is 0 Å². The van der Waals surface area contributed by atoms with E-state index in [1.165, 1.54) is 21.9 Å². The number of hydrogen-bond acceptors (Lipinski definition) is 3. The lowest BCUT2D eigenvalue weighted by atomic mass is 9.73. The third-order valence-electron chi connectivity index (χ3n) is 6.58. The Morgan fingerprint density at radius 3 is 2.24 bits per heavy atom. The fraction of sp³-hybridized carbons (Fsp3) is 0.385. The van der Waals surface area contributed by atoms with Crippen molar-refractivity contribution in [1.29, 1.82) is 0 Å². The van der Waals surface area contributed by atoms with Gasteiger partial charge < -0.3 is 14.2 Å². The van der Waals surface area contributed by atoms with Gasteiger partial charge in [0.05, 0.1) is 11.2 Å². The molecule has 0 aromatic heterocycles. The number of hydrogen-bond donors (Lipinski definition) is 0. The van der Waals surface area contributed by atoms with Gasteiger partial charge in [0.1, 0.15) is 12.4 Å². The molecule has 3 aromatic carbocycles. The van der Waals surface area contributed by atoms with E-state index >= 15 is 0 Å². The molecule has 0 unspecified atom stereocenters. The van der Waals surface area contributed by atoms with E-state index < -0.39 is 0 Å². The minimum absolute atomic E-state index is 0.0494. The van der Waals surface area contributed by atoms with Crippen LogP contribution in [0.25, 0.3) is 10.8 Å². The summed E-state index contributed by atoms with van der Waals surface area (Å²) in [5.74, 6) is 0.882. The van der Waals surface area contributed by atoms with Crippen molar-refractivity contribution in [3.8, 4) is 5.75 Å². The smallest absolute Gasteiger partial charge is 0.120 e. The summed E-state index contributed by atoms with van der Waals surface area (Å²) in [6.07, 6.45) is 3.86. The third kappa shape index (κ3) is 4.17. The molecule has 1 fully saturated rings. The second kappa shape index (κ2) is 8.17. The highest BCUT2D eigenvalue weighted by Crippen LogP contribution is 2.45. The molecule has 0 bridgehead atoms. The second-order valence-corrected chi connectivity index (χ2v) is 8.35. The molecular formula is C26H30O3. The zero-order valence-corrected chi connectivity index (χ0v) is 17.6. The number of rotatable bonds is 6. The van der Waals surface area contributed by atoms with Crippen LogP contribution in [0.4, 0.5) is 0 Å². The summed E-state index contributed by atoms with van der Waals surface area (Å²) in [5.41, 5.74) is 2.05. The third-order valence-corrected chi connectivity index (χ3v) is 6.58. The van der Waals surface area contributed by atoms with Crippen LogP contribution in [0.1, 0.15) is 43.7 Å². The Balaban J connectivity index is 1.49. The van der Waals surface area contributed by atoms with Gasteiger partial charge in [0.25, 0.3) is 0 Å². The van der Waals surface area contributed by atoms with Crippen LogP contribution in [0.15, 0.2) is 66.7 Å². The first-order chi connectivity index (χ1) is 14.1. The summed E-state index contributed by atoms with van der Waals surface area (Å²) in [7, 11) is 3.62. The molecule has 29 heavy (non-hydrogen) atoms.